The average Bonchev–Trinajstić information content (AvgIpc) is 2.60. The van der Waals surface area contributed by atoms with Gasteiger partial charge in [0.25, 0.3) is 0 Å². The smallest absolute Gasteiger partial charge is 0.402 e. The molecule has 1 aromatic heterocycles. The average molecular weight is 208 g/mol. The Balaban J connectivity index is 0.000000245. The molecule has 1 amide bonds. The highest BCUT2D eigenvalue weighted by atomic mass is 16.4. The second-order valence-corrected chi connectivity index (χ2v) is 2.67. The molecule has 15 heavy (non-hydrogen) atoms. The molecule has 0 unspecified atom stereocenters. The van der Waals surface area contributed by atoms with Gasteiger partial charge < -0.3 is 15.8 Å². The van der Waals surface area contributed by atoms with E-state index in [-0.39, 0.29) is 11.6 Å². The molecule has 1 aromatic rings. The van der Waals surface area contributed by atoms with Crippen LogP contribution in [0, 0.1) is 0 Å². The second kappa shape index (κ2) is 4.23. The highest BCUT2D eigenvalue weighted by Gasteiger charge is 2.18. The Kier molecular flexibility index (Phi) is 3.02. The first kappa shape index (κ1) is 10.7. The Labute approximate surface area is 84.4 Å². The van der Waals surface area contributed by atoms with Gasteiger partial charge in [-0.25, -0.2) is 4.79 Å². The fourth-order valence-electron chi connectivity index (χ4n) is 1.10. The third kappa shape index (κ3) is 2.53. The Morgan fingerprint density at radius 3 is 2.33 bits per heavy atom. The van der Waals surface area contributed by atoms with Gasteiger partial charge in [-0.15, -0.1) is 0 Å². The molecule has 1 heterocycles. The number of aromatic nitrogens is 1. The molecular formula is C9H8N2O4. The van der Waals surface area contributed by atoms with Crippen LogP contribution in [0.1, 0.15) is 20.8 Å². The molecule has 1 aliphatic carbocycles. The number of ketones is 2. The monoisotopic (exact) mass is 208 g/mol. The van der Waals surface area contributed by atoms with Crippen LogP contribution in [0.4, 0.5) is 4.79 Å². The van der Waals surface area contributed by atoms with E-state index in [0.29, 0.717) is 11.3 Å². The lowest BCUT2D eigenvalue weighted by atomic mass is 10.0. The van der Waals surface area contributed by atoms with Gasteiger partial charge in [0.15, 0.2) is 5.78 Å². The predicted molar refractivity (Wildman–Crippen MR) is 50.8 cm³/mol. The van der Waals surface area contributed by atoms with E-state index in [1.165, 1.54) is 12.2 Å². The number of H-pyrrole nitrogens is 1. The maximum Gasteiger partial charge on any atom is 0.402 e. The first-order chi connectivity index (χ1) is 7.02. The summed E-state index contributed by atoms with van der Waals surface area (Å²) >= 11 is 0. The minimum Gasteiger partial charge on any atom is -0.465 e. The SMILES string of the molecule is NC(=O)O.O=C1C=CC(=O)c2[nH]ccc21. The van der Waals surface area contributed by atoms with Gasteiger partial charge in [-0.1, -0.05) is 0 Å². The number of fused-ring (bicyclic) bond motifs is 1. The van der Waals surface area contributed by atoms with E-state index in [0.717, 1.165) is 0 Å². The van der Waals surface area contributed by atoms with Crippen LogP contribution in [0.3, 0.4) is 0 Å². The lowest BCUT2D eigenvalue weighted by Crippen LogP contribution is -2.09. The largest absolute Gasteiger partial charge is 0.465 e. The van der Waals surface area contributed by atoms with E-state index in [1.807, 2.05) is 0 Å². The normalized spacial score (nSPS) is 12.8. The zero-order chi connectivity index (χ0) is 11.4. The third-order valence-corrected chi connectivity index (χ3v) is 1.64. The molecule has 0 saturated heterocycles. The fraction of sp³-hybridized carbons (Fsp3) is 0. The highest BCUT2D eigenvalue weighted by Crippen LogP contribution is 2.13. The third-order valence-electron chi connectivity index (χ3n) is 1.64. The van der Waals surface area contributed by atoms with Crippen LogP contribution >= 0.6 is 0 Å². The van der Waals surface area contributed by atoms with E-state index >= 15 is 0 Å². The van der Waals surface area contributed by atoms with Gasteiger partial charge in [0, 0.05) is 6.20 Å². The van der Waals surface area contributed by atoms with Crippen LogP contribution in [-0.2, 0) is 0 Å². The number of primary amides is 1. The molecule has 0 aliphatic heterocycles. The van der Waals surface area contributed by atoms with E-state index in [4.69, 9.17) is 9.90 Å². The van der Waals surface area contributed by atoms with Gasteiger partial charge in [0.2, 0.25) is 5.78 Å². The van der Waals surface area contributed by atoms with Crippen LogP contribution in [0.25, 0.3) is 0 Å². The van der Waals surface area contributed by atoms with Gasteiger partial charge in [-0.05, 0) is 18.2 Å². The number of aromatic amines is 1. The molecule has 0 fully saturated rings. The van der Waals surface area contributed by atoms with Crippen molar-refractivity contribution >= 4 is 17.7 Å². The maximum atomic E-state index is 11.0. The van der Waals surface area contributed by atoms with Crippen molar-refractivity contribution in [3.8, 4) is 0 Å². The van der Waals surface area contributed by atoms with Crippen molar-refractivity contribution in [3.63, 3.8) is 0 Å². The van der Waals surface area contributed by atoms with E-state index in [9.17, 15) is 9.59 Å². The Bertz CT molecular complexity index is 408. The number of hydrogen-bond donors (Lipinski definition) is 3. The Morgan fingerprint density at radius 2 is 1.80 bits per heavy atom. The van der Waals surface area contributed by atoms with E-state index < -0.39 is 6.09 Å². The number of amides is 1. The summed E-state index contributed by atoms with van der Waals surface area (Å²) < 4.78 is 0. The molecule has 0 saturated carbocycles. The number of rotatable bonds is 0. The number of carbonyl (C=O) groups is 3. The van der Waals surface area contributed by atoms with Crippen molar-refractivity contribution in [2.24, 2.45) is 5.73 Å². The number of carbonyl (C=O) groups excluding carboxylic acids is 2. The predicted octanol–water partition coefficient (Wildman–Crippen LogP) is 0.573. The Morgan fingerprint density at radius 1 is 1.27 bits per heavy atom. The summed E-state index contributed by atoms with van der Waals surface area (Å²) in [5.41, 5.74) is 4.90. The van der Waals surface area contributed by atoms with Crippen molar-refractivity contribution < 1.29 is 19.5 Å². The minimum atomic E-state index is -1.33. The minimum absolute atomic E-state index is 0.110. The van der Waals surface area contributed by atoms with Crippen molar-refractivity contribution in [1.29, 1.82) is 0 Å². The van der Waals surface area contributed by atoms with Crippen LogP contribution in [-0.4, -0.2) is 27.8 Å². The molecule has 78 valence electrons. The summed E-state index contributed by atoms with van der Waals surface area (Å²) in [6, 6.07) is 1.61. The lowest BCUT2D eigenvalue weighted by molar-refractivity contribution is 0.0992. The Hall–Kier alpha value is -2.37. The van der Waals surface area contributed by atoms with Crippen molar-refractivity contribution in [2.45, 2.75) is 0 Å². The molecule has 6 nitrogen and oxygen atoms in total. The number of nitrogens with two attached hydrogens (primary N) is 1. The molecule has 0 spiro atoms. The number of allylic oxidation sites excluding steroid dienone is 2. The fourth-order valence-corrected chi connectivity index (χ4v) is 1.10. The maximum absolute atomic E-state index is 11.0. The molecule has 2 rings (SSSR count). The molecule has 0 radical (unpaired) electrons. The standard InChI is InChI=1S/C8H5NO2.CH3NO2/c10-6-1-2-7(11)8-5(6)3-4-9-8;2-1(3)4/h1-4,9H;2H2,(H,3,4). The summed E-state index contributed by atoms with van der Waals surface area (Å²) in [4.78, 5) is 33.5. The van der Waals surface area contributed by atoms with Crippen molar-refractivity contribution in [3.05, 3.63) is 35.7 Å². The molecule has 6 heteroatoms. The van der Waals surface area contributed by atoms with Crippen LogP contribution in [0.2, 0.25) is 0 Å². The molecule has 1 aliphatic rings. The van der Waals surface area contributed by atoms with Gasteiger partial charge in [-0.2, -0.15) is 0 Å². The van der Waals surface area contributed by atoms with Crippen LogP contribution in [0.5, 0.6) is 0 Å². The van der Waals surface area contributed by atoms with Gasteiger partial charge >= 0.3 is 6.09 Å². The summed E-state index contributed by atoms with van der Waals surface area (Å²) in [6.07, 6.45) is 2.83. The zero-order valence-electron chi connectivity index (χ0n) is 7.56. The quantitative estimate of drug-likeness (QED) is 0.578. The van der Waals surface area contributed by atoms with E-state index in [2.05, 4.69) is 10.7 Å². The summed E-state index contributed by atoms with van der Waals surface area (Å²) in [5.74, 6) is -0.245. The summed E-state index contributed by atoms with van der Waals surface area (Å²) in [6.45, 7) is 0. The molecule has 0 aromatic carbocycles. The summed E-state index contributed by atoms with van der Waals surface area (Å²) in [5, 5.41) is 7.19. The lowest BCUT2D eigenvalue weighted by Gasteiger charge is -2.00. The highest BCUT2D eigenvalue weighted by molar-refractivity contribution is 6.21. The zero-order valence-corrected chi connectivity index (χ0v) is 7.56. The first-order valence-electron chi connectivity index (χ1n) is 3.95. The molecular weight excluding hydrogens is 200 g/mol. The van der Waals surface area contributed by atoms with E-state index in [1.54, 1.807) is 12.3 Å². The second-order valence-electron chi connectivity index (χ2n) is 2.67. The first-order valence-corrected chi connectivity index (χ1v) is 3.95. The number of carboxylic acid groups (broad SMARTS) is 1. The summed E-state index contributed by atoms with van der Waals surface area (Å²) in [7, 11) is 0. The molecule has 0 bridgehead atoms. The molecule has 4 N–H and O–H groups in total. The van der Waals surface area contributed by atoms with Gasteiger partial charge in [-0.3, -0.25) is 9.59 Å². The van der Waals surface area contributed by atoms with Crippen molar-refractivity contribution in [2.75, 3.05) is 0 Å². The topological polar surface area (TPSA) is 113 Å². The number of hydrogen-bond acceptors (Lipinski definition) is 3. The molecule has 0 atom stereocenters. The van der Waals surface area contributed by atoms with Crippen LogP contribution in [0.15, 0.2) is 24.4 Å². The van der Waals surface area contributed by atoms with Crippen molar-refractivity contribution in [1.82, 2.24) is 4.98 Å². The van der Waals surface area contributed by atoms with Gasteiger partial charge in [0.05, 0.1) is 11.3 Å². The number of nitrogens with one attached hydrogen (secondary N) is 1. The van der Waals surface area contributed by atoms with Gasteiger partial charge in [0.1, 0.15) is 0 Å². The van der Waals surface area contributed by atoms with Crippen LogP contribution < -0.4 is 5.73 Å².